The van der Waals surface area contributed by atoms with E-state index < -0.39 is 0 Å². The largest absolute Gasteiger partial charge is 0.497 e. The first-order valence-corrected chi connectivity index (χ1v) is 6.27. The summed E-state index contributed by atoms with van der Waals surface area (Å²) in [6.45, 7) is 0.345. The summed E-state index contributed by atoms with van der Waals surface area (Å²) < 4.78 is 10.8. The fourth-order valence-corrected chi connectivity index (χ4v) is 1.69. The molecule has 1 N–H and O–H groups in total. The van der Waals surface area contributed by atoms with E-state index in [9.17, 15) is 0 Å². The number of methoxy groups -OCH3 is 1. The highest BCUT2D eigenvalue weighted by Gasteiger charge is 1.98. The van der Waals surface area contributed by atoms with Gasteiger partial charge < -0.3 is 14.6 Å². The van der Waals surface area contributed by atoms with Crippen LogP contribution < -0.4 is 9.47 Å². The molecule has 0 aliphatic heterocycles. The number of aliphatic hydroxyl groups excluding tert-OH is 1. The second-order valence-electron chi connectivity index (χ2n) is 4.12. The molecular weight excluding hydrogens is 252 g/mol. The van der Waals surface area contributed by atoms with Crippen LogP contribution in [0.15, 0.2) is 48.5 Å². The normalized spacial score (nSPS) is 9.50. The Morgan fingerprint density at radius 3 is 2.55 bits per heavy atom. The zero-order valence-corrected chi connectivity index (χ0v) is 11.3. The number of aliphatic hydroxyl groups is 1. The highest BCUT2D eigenvalue weighted by atomic mass is 16.5. The number of hydrogen-bond acceptors (Lipinski definition) is 3. The minimum Gasteiger partial charge on any atom is -0.497 e. The second-order valence-corrected chi connectivity index (χ2v) is 4.12. The van der Waals surface area contributed by atoms with Crippen LogP contribution in [0.5, 0.6) is 11.5 Å². The van der Waals surface area contributed by atoms with E-state index in [2.05, 4.69) is 11.8 Å². The molecule has 0 spiro atoms. The molecule has 0 unspecified atom stereocenters. The van der Waals surface area contributed by atoms with Crippen molar-refractivity contribution in [2.45, 2.75) is 6.61 Å². The highest BCUT2D eigenvalue weighted by Crippen LogP contribution is 2.16. The Balaban J connectivity index is 1.99. The van der Waals surface area contributed by atoms with Crippen LogP contribution >= 0.6 is 0 Å². The SMILES string of the molecule is COc1ccc(COc2cccc(C#CCO)c2)cc1. The summed E-state index contributed by atoms with van der Waals surface area (Å²) in [5.74, 6) is 7.05. The Bertz CT molecular complexity index is 606. The monoisotopic (exact) mass is 268 g/mol. The lowest BCUT2D eigenvalue weighted by Crippen LogP contribution is -1.95. The third-order valence-electron chi connectivity index (χ3n) is 2.71. The Hall–Kier alpha value is -2.44. The molecule has 102 valence electrons. The average molecular weight is 268 g/mol. The van der Waals surface area contributed by atoms with Crippen molar-refractivity contribution < 1.29 is 14.6 Å². The van der Waals surface area contributed by atoms with Gasteiger partial charge in [-0.3, -0.25) is 0 Å². The zero-order chi connectivity index (χ0) is 14.2. The predicted molar refractivity (Wildman–Crippen MR) is 77.7 cm³/mol. The minimum atomic E-state index is -0.142. The van der Waals surface area contributed by atoms with Gasteiger partial charge in [0.15, 0.2) is 0 Å². The molecule has 0 heterocycles. The zero-order valence-electron chi connectivity index (χ0n) is 11.3. The highest BCUT2D eigenvalue weighted by molar-refractivity contribution is 5.40. The molecule has 0 bridgehead atoms. The maximum Gasteiger partial charge on any atom is 0.121 e. The van der Waals surface area contributed by atoms with Crippen LogP contribution in [-0.4, -0.2) is 18.8 Å². The van der Waals surface area contributed by atoms with Crippen LogP contribution in [0.3, 0.4) is 0 Å². The molecule has 0 atom stereocenters. The summed E-state index contributed by atoms with van der Waals surface area (Å²) in [7, 11) is 1.64. The van der Waals surface area contributed by atoms with Gasteiger partial charge in [-0.05, 0) is 35.9 Å². The quantitative estimate of drug-likeness (QED) is 0.866. The molecule has 3 heteroatoms. The van der Waals surface area contributed by atoms with Gasteiger partial charge in [0, 0.05) is 5.56 Å². The summed E-state index contributed by atoms with van der Waals surface area (Å²) in [5, 5.41) is 8.68. The van der Waals surface area contributed by atoms with E-state index in [1.807, 2.05) is 48.5 Å². The molecule has 0 aliphatic rings. The van der Waals surface area contributed by atoms with Gasteiger partial charge in [-0.25, -0.2) is 0 Å². The number of hydrogen-bond donors (Lipinski definition) is 1. The smallest absolute Gasteiger partial charge is 0.121 e. The molecule has 20 heavy (non-hydrogen) atoms. The standard InChI is InChI=1S/C17H16O3/c1-19-16-9-7-15(8-10-16)13-20-17-6-2-4-14(12-17)5-3-11-18/h2,4,6-10,12,18H,11,13H2,1H3. The fourth-order valence-electron chi connectivity index (χ4n) is 1.69. The fraction of sp³-hybridized carbons (Fsp3) is 0.176. The topological polar surface area (TPSA) is 38.7 Å². The Morgan fingerprint density at radius 2 is 1.85 bits per heavy atom. The predicted octanol–water partition coefficient (Wildman–Crippen LogP) is 2.62. The minimum absolute atomic E-state index is 0.142. The first-order chi connectivity index (χ1) is 9.81. The Labute approximate surface area is 118 Å². The van der Waals surface area contributed by atoms with Gasteiger partial charge in [0.05, 0.1) is 7.11 Å². The summed E-state index contributed by atoms with van der Waals surface area (Å²) in [6.07, 6.45) is 0. The lowest BCUT2D eigenvalue weighted by molar-refractivity contribution is 0.306. The summed E-state index contributed by atoms with van der Waals surface area (Å²) in [5.41, 5.74) is 1.89. The third-order valence-corrected chi connectivity index (χ3v) is 2.71. The molecule has 0 radical (unpaired) electrons. The van der Waals surface area contributed by atoms with Crippen molar-refractivity contribution >= 4 is 0 Å². The van der Waals surface area contributed by atoms with Gasteiger partial charge in [0.2, 0.25) is 0 Å². The summed E-state index contributed by atoms with van der Waals surface area (Å²) in [4.78, 5) is 0. The molecule has 2 aromatic rings. The van der Waals surface area contributed by atoms with Crippen molar-refractivity contribution in [3.05, 3.63) is 59.7 Å². The summed E-state index contributed by atoms with van der Waals surface area (Å²) in [6, 6.07) is 15.2. The van der Waals surface area contributed by atoms with Gasteiger partial charge in [0.25, 0.3) is 0 Å². The Morgan fingerprint density at radius 1 is 1.05 bits per heavy atom. The average Bonchev–Trinajstić information content (AvgIpc) is 2.52. The van der Waals surface area contributed by atoms with Crippen LogP contribution in [0.25, 0.3) is 0 Å². The van der Waals surface area contributed by atoms with Gasteiger partial charge in [-0.15, -0.1) is 0 Å². The van der Waals surface area contributed by atoms with E-state index in [0.717, 1.165) is 22.6 Å². The maximum absolute atomic E-state index is 8.68. The van der Waals surface area contributed by atoms with E-state index >= 15 is 0 Å². The second kappa shape index (κ2) is 7.22. The van der Waals surface area contributed by atoms with Crippen LogP contribution in [0, 0.1) is 11.8 Å². The van der Waals surface area contributed by atoms with Crippen LogP contribution in [-0.2, 0) is 6.61 Å². The third kappa shape index (κ3) is 4.04. The number of rotatable bonds is 4. The molecule has 2 rings (SSSR count). The van der Waals surface area contributed by atoms with E-state index in [4.69, 9.17) is 14.6 Å². The number of ether oxygens (including phenoxy) is 2. The van der Waals surface area contributed by atoms with Gasteiger partial charge in [0.1, 0.15) is 24.7 Å². The lowest BCUT2D eigenvalue weighted by Gasteiger charge is -2.07. The van der Waals surface area contributed by atoms with Crippen LogP contribution in [0.1, 0.15) is 11.1 Å². The van der Waals surface area contributed by atoms with Gasteiger partial charge >= 0.3 is 0 Å². The first kappa shape index (κ1) is 14.0. The van der Waals surface area contributed by atoms with Crippen molar-refractivity contribution in [1.82, 2.24) is 0 Å². The van der Waals surface area contributed by atoms with E-state index in [-0.39, 0.29) is 6.61 Å². The summed E-state index contributed by atoms with van der Waals surface area (Å²) >= 11 is 0. The van der Waals surface area contributed by atoms with Gasteiger partial charge in [-0.2, -0.15) is 0 Å². The van der Waals surface area contributed by atoms with Crippen molar-refractivity contribution in [1.29, 1.82) is 0 Å². The van der Waals surface area contributed by atoms with Crippen molar-refractivity contribution in [2.75, 3.05) is 13.7 Å². The van der Waals surface area contributed by atoms with E-state index in [1.165, 1.54) is 0 Å². The van der Waals surface area contributed by atoms with E-state index in [1.54, 1.807) is 7.11 Å². The molecule has 0 aliphatic carbocycles. The maximum atomic E-state index is 8.68. The molecule has 0 saturated heterocycles. The van der Waals surface area contributed by atoms with Gasteiger partial charge in [-0.1, -0.05) is 30.0 Å². The molecule has 0 aromatic heterocycles. The first-order valence-electron chi connectivity index (χ1n) is 6.27. The molecule has 0 saturated carbocycles. The molecule has 0 fully saturated rings. The molecular formula is C17H16O3. The number of benzene rings is 2. The van der Waals surface area contributed by atoms with E-state index in [0.29, 0.717) is 6.61 Å². The lowest BCUT2D eigenvalue weighted by atomic mass is 10.2. The van der Waals surface area contributed by atoms with Crippen molar-refractivity contribution in [3.8, 4) is 23.3 Å². The molecule has 3 nitrogen and oxygen atoms in total. The van der Waals surface area contributed by atoms with Crippen molar-refractivity contribution in [2.24, 2.45) is 0 Å². The van der Waals surface area contributed by atoms with Crippen LogP contribution in [0.2, 0.25) is 0 Å². The Kier molecular flexibility index (Phi) is 5.05. The van der Waals surface area contributed by atoms with Crippen molar-refractivity contribution in [3.63, 3.8) is 0 Å². The molecule has 2 aromatic carbocycles. The van der Waals surface area contributed by atoms with Crippen LogP contribution in [0.4, 0.5) is 0 Å². The molecule has 0 amide bonds.